The Bertz CT molecular complexity index is 2390. The van der Waals surface area contributed by atoms with E-state index < -0.39 is 23.6 Å². The molecule has 0 spiro atoms. The molecule has 1 aromatic heterocycles. The number of carbonyl (C=O) groups is 1. The van der Waals surface area contributed by atoms with Gasteiger partial charge in [-0.3, -0.25) is 4.79 Å². The zero-order chi connectivity index (χ0) is 47.8. The first-order chi connectivity index (χ1) is 32.9. The van der Waals surface area contributed by atoms with Gasteiger partial charge >= 0.3 is 5.97 Å². The van der Waals surface area contributed by atoms with Crippen molar-refractivity contribution in [3.63, 3.8) is 0 Å². The number of aromatic amines is 1. The standard InChI is InChI=1S/C58H75N3O7/c1-2-3-7-14-38-21-22-41(52(63)29-38)19-12-6-13-20-47(57(66)67)56(65)42-23-24-51-43(27-39-25-26-60-54(59)30-39)31-44(58(51,68)36-42)32-45-33-48(40-17-10-5-11-18-40)55(61-45)50-34-46(62)35-53(64)49(50)28-37-15-8-4-9-16-37/h4-5,8-11,15-18,21-22,25,30,33-35,38,41-44,47,51-52,56,60-65,68H,2-3,6-7,12-14,19-20,23-24,26-29,31-32,36,59H2,1H3,(H,66,67)/t38-,41-,42+,43+,44-,47+,51-,52-,56-,58-/m1/s1. The first-order valence-corrected chi connectivity index (χ1v) is 25.7. The van der Waals surface area contributed by atoms with Crippen molar-refractivity contribution in [2.24, 2.45) is 47.2 Å². The predicted molar refractivity (Wildman–Crippen MR) is 269 cm³/mol. The second kappa shape index (κ2) is 22.4. The molecule has 2 fully saturated rings. The van der Waals surface area contributed by atoms with Gasteiger partial charge in [0.1, 0.15) is 11.5 Å². The Morgan fingerprint density at radius 3 is 2.38 bits per heavy atom. The average molecular weight is 926 g/mol. The minimum Gasteiger partial charge on any atom is -0.508 e. The first kappa shape index (κ1) is 49.1. The minimum atomic E-state index is -1.16. The first-order valence-electron chi connectivity index (χ1n) is 25.7. The van der Waals surface area contributed by atoms with Crippen LogP contribution in [0.25, 0.3) is 22.4 Å². The van der Waals surface area contributed by atoms with E-state index in [1.54, 1.807) is 6.07 Å². The molecule has 0 amide bonds. The Balaban J connectivity index is 1.01. The van der Waals surface area contributed by atoms with Crippen molar-refractivity contribution in [2.45, 2.75) is 134 Å². The van der Waals surface area contributed by atoms with Crippen LogP contribution in [0.1, 0.15) is 120 Å². The molecule has 68 heavy (non-hydrogen) atoms. The van der Waals surface area contributed by atoms with Crippen molar-refractivity contribution in [2.75, 3.05) is 6.54 Å². The highest BCUT2D eigenvalue weighted by Crippen LogP contribution is 2.57. The molecule has 0 bridgehead atoms. The number of nitrogens with two attached hydrogens (primary N) is 1. The van der Waals surface area contributed by atoms with Crippen LogP contribution in [0.3, 0.4) is 0 Å². The number of aliphatic hydroxyl groups excluding tert-OH is 2. The fraction of sp³-hybridized carbons (Fsp3) is 0.500. The third-order valence-electron chi connectivity index (χ3n) is 16.2. The number of aliphatic carboxylic acids is 1. The Labute approximate surface area is 403 Å². The number of H-pyrrole nitrogens is 1. The fourth-order valence-electron chi connectivity index (χ4n) is 12.6. The molecule has 3 aliphatic carbocycles. The molecule has 1 aliphatic heterocycles. The van der Waals surface area contributed by atoms with E-state index in [4.69, 9.17) is 5.73 Å². The van der Waals surface area contributed by atoms with Crippen LogP contribution >= 0.6 is 0 Å². The Morgan fingerprint density at radius 2 is 1.65 bits per heavy atom. The smallest absolute Gasteiger partial charge is 0.309 e. The molecule has 2 saturated carbocycles. The summed E-state index contributed by atoms with van der Waals surface area (Å²) >= 11 is 0. The molecule has 10 atom stereocenters. The summed E-state index contributed by atoms with van der Waals surface area (Å²) in [6.45, 7) is 2.86. The number of aromatic nitrogens is 1. The molecule has 4 aromatic rings. The van der Waals surface area contributed by atoms with Crippen LogP contribution < -0.4 is 11.1 Å². The number of fused-ring (bicyclic) bond motifs is 1. The van der Waals surface area contributed by atoms with E-state index in [2.05, 4.69) is 41.5 Å². The summed E-state index contributed by atoms with van der Waals surface area (Å²) in [5, 5.41) is 72.1. The van der Waals surface area contributed by atoms with Crippen LogP contribution in [0.15, 0.2) is 115 Å². The molecule has 3 aromatic carbocycles. The number of nitrogens with one attached hydrogen (secondary N) is 2. The second-order valence-electron chi connectivity index (χ2n) is 20.8. The third-order valence-corrected chi connectivity index (χ3v) is 16.2. The summed E-state index contributed by atoms with van der Waals surface area (Å²) in [7, 11) is 0. The number of phenolic OH excluding ortho intramolecular Hbond substituents is 2. The molecular weight excluding hydrogens is 851 g/mol. The Kier molecular flexibility index (Phi) is 16.2. The number of unbranched alkanes of at least 4 members (excludes halogenated alkanes) is 4. The molecule has 364 valence electrons. The highest BCUT2D eigenvalue weighted by molar-refractivity contribution is 5.85. The van der Waals surface area contributed by atoms with Crippen LogP contribution in [-0.2, 0) is 17.6 Å². The van der Waals surface area contributed by atoms with Gasteiger partial charge in [0, 0.05) is 47.3 Å². The van der Waals surface area contributed by atoms with E-state index in [1.807, 2.05) is 66.7 Å². The van der Waals surface area contributed by atoms with Crippen molar-refractivity contribution in [3.8, 4) is 33.9 Å². The highest BCUT2D eigenvalue weighted by Gasteiger charge is 2.57. The van der Waals surface area contributed by atoms with Gasteiger partial charge < -0.3 is 46.7 Å². The van der Waals surface area contributed by atoms with Crippen LogP contribution in [0.4, 0.5) is 0 Å². The normalized spacial score (nSPS) is 26.6. The number of hydrogen-bond acceptors (Lipinski definition) is 8. The maximum absolute atomic E-state index is 13.2. The van der Waals surface area contributed by atoms with Gasteiger partial charge in [-0.1, -0.05) is 124 Å². The Morgan fingerprint density at radius 1 is 0.882 bits per heavy atom. The highest BCUT2D eigenvalue weighted by atomic mass is 16.4. The molecule has 10 nitrogen and oxygen atoms in total. The number of aliphatic hydroxyl groups is 3. The number of benzene rings is 3. The average Bonchev–Trinajstić information content (AvgIpc) is 3.86. The van der Waals surface area contributed by atoms with E-state index in [0.29, 0.717) is 74.4 Å². The van der Waals surface area contributed by atoms with Crippen molar-refractivity contribution in [1.29, 1.82) is 0 Å². The van der Waals surface area contributed by atoms with Crippen LogP contribution in [-0.4, -0.2) is 65.9 Å². The maximum atomic E-state index is 13.2. The lowest BCUT2D eigenvalue weighted by atomic mass is 9.64. The van der Waals surface area contributed by atoms with Crippen molar-refractivity contribution < 1.29 is 35.4 Å². The topological polar surface area (TPSA) is 192 Å². The number of hydrogen-bond donors (Lipinski definition) is 9. The molecule has 0 saturated heterocycles. The van der Waals surface area contributed by atoms with E-state index in [1.165, 1.54) is 25.3 Å². The number of carboxylic acids is 1. The second-order valence-corrected chi connectivity index (χ2v) is 20.8. The molecular formula is C58H75N3O7. The van der Waals surface area contributed by atoms with Gasteiger partial charge in [0.2, 0.25) is 0 Å². The summed E-state index contributed by atoms with van der Waals surface area (Å²) in [5.41, 5.74) is 12.2. The molecule has 0 unspecified atom stereocenters. The number of allylic oxidation sites excluding steroid dienone is 3. The van der Waals surface area contributed by atoms with Crippen molar-refractivity contribution in [3.05, 3.63) is 131 Å². The molecule has 8 rings (SSSR count). The zero-order valence-electron chi connectivity index (χ0n) is 39.9. The van der Waals surface area contributed by atoms with Crippen molar-refractivity contribution in [1.82, 2.24) is 10.3 Å². The lowest BCUT2D eigenvalue weighted by Crippen LogP contribution is -2.50. The molecule has 10 N–H and O–H groups in total. The fourth-order valence-corrected chi connectivity index (χ4v) is 12.6. The van der Waals surface area contributed by atoms with Crippen molar-refractivity contribution >= 4 is 5.97 Å². The monoisotopic (exact) mass is 926 g/mol. The van der Waals surface area contributed by atoms with Crippen LogP contribution in [0.5, 0.6) is 11.5 Å². The number of phenols is 2. The number of rotatable bonds is 21. The van der Waals surface area contributed by atoms with Crippen LogP contribution in [0, 0.1) is 41.4 Å². The van der Waals surface area contributed by atoms with Gasteiger partial charge in [-0.25, -0.2) is 0 Å². The summed E-state index contributed by atoms with van der Waals surface area (Å²) < 4.78 is 0. The molecule has 10 heteroatoms. The van der Waals surface area contributed by atoms with E-state index in [0.717, 1.165) is 78.6 Å². The lowest BCUT2D eigenvalue weighted by molar-refractivity contribution is -0.152. The van der Waals surface area contributed by atoms with E-state index >= 15 is 0 Å². The summed E-state index contributed by atoms with van der Waals surface area (Å²) in [6, 6.07) is 25.2. The lowest BCUT2D eigenvalue weighted by Gasteiger charge is -2.45. The van der Waals surface area contributed by atoms with Gasteiger partial charge in [0.15, 0.2) is 0 Å². The SMILES string of the molecule is CCCCC[C@@H]1C=C[C@@H](CCCCC[C@H](C(=O)O)[C@H](O)[C@H]2CC[C@@H]3[C@@H](CC4=CCNC(N)=C4)C[C@H](Cc4cc(-c5ccccc5)c(-c5cc(O)cc(O)c5Cc5ccccc5)[nH]4)[C@]3(O)C2)[C@H](O)C1. The molecule has 2 heterocycles. The molecule has 0 radical (unpaired) electrons. The number of dihydropyridines is 1. The van der Waals surface area contributed by atoms with E-state index in [9.17, 15) is 35.4 Å². The minimum absolute atomic E-state index is 0.00553. The van der Waals surface area contributed by atoms with Gasteiger partial charge in [0.05, 0.1) is 35.2 Å². The quantitative estimate of drug-likeness (QED) is 0.0289. The van der Waals surface area contributed by atoms with E-state index in [-0.39, 0.29) is 47.2 Å². The van der Waals surface area contributed by atoms with Gasteiger partial charge in [0.25, 0.3) is 0 Å². The Hall–Kier alpha value is -5.29. The molecule has 4 aliphatic rings. The van der Waals surface area contributed by atoms with Crippen LogP contribution in [0.2, 0.25) is 0 Å². The predicted octanol–water partition coefficient (Wildman–Crippen LogP) is 10.5. The summed E-state index contributed by atoms with van der Waals surface area (Å²) in [4.78, 5) is 16.6. The summed E-state index contributed by atoms with van der Waals surface area (Å²) in [5.74, 6) is -1.23. The largest absolute Gasteiger partial charge is 0.508 e. The van der Waals surface area contributed by atoms with Gasteiger partial charge in [-0.2, -0.15) is 0 Å². The zero-order valence-corrected chi connectivity index (χ0v) is 39.9. The van der Waals surface area contributed by atoms with Gasteiger partial charge in [-0.15, -0.1) is 0 Å². The van der Waals surface area contributed by atoms with Gasteiger partial charge in [-0.05, 0) is 129 Å². The maximum Gasteiger partial charge on any atom is 0.309 e. The summed E-state index contributed by atoms with van der Waals surface area (Å²) in [6.07, 6.45) is 20.5. The number of carboxylic acid groups (broad SMARTS) is 1. The number of aromatic hydroxyl groups is 2. The third kappa shape index (κ3) is 11.6.